The fraction of sp³-hybridized carbons (Fsp3) is 0.318. The molecule has 1 aliphatic rings. The number of carbonyl (C=O) groups excluding carboxylic acids is 2. The molecule has 7 nitrogen and oxygen atoms in total. The molecule has 1 saturated heterocycles. The second-order valence-corrected chi connectivity index (χ2v) is 8.39. The van der Waals surface area contributed by atoms with Crippen molar-refractivity contribution in [2.24, 2.45) is 0 Å². The molecule has 1 heterocycles. The smallest absolute Gasteiger partial charge is 0.261 e. The van der Waals surface area contributed by atoms with Crippen LogP contribution in [0.5, 0.6) is 5.75 Å². The van der Waals surface area contributed by atoms with Gasteiger partial charge in [-0.2, -0.15) is 0 Å². The van der Waals surface area contributed by atoms with Crippen LogP contribution in [0.25, 0.3) is 0 Å². The Labute approximate surface area is 202 Å². The van der Waals surface area contributed by atoms with Crippen molar-refractivity contribution >= 4 is 63.7 Å². The normalized spacial score (nSPS) is 13.5. The van der Waals surface area contributed by atoms with Crippen LogP contribution in [0.2, 0.25) is 10.0 Å². The zero-order valence-electron chi connectivity index (χ0n) is 17.8. The van der Waals surface area contributed by atoms with Gasteiger partial charge >= 0.3 is 0 Å². The first-order valence-corrected chi connectivity index (χ1v) is 11.3. The summed E-state index contributed by atoms with van der Waals surface area (Å²) in [6.07, 6.45) is 0.516. The Hall–Kier alpha value is -2.55. The molecule has 3 rings (SSSR count). The lowest BCUT2D eigenvalue weighted by Gasteiger charge is -2.36. The van der Waals surface area contributed by atoms with Gasteiger partial charge in [-0.25, -0.2) is 0 Å². The van der Waals surface area contributed by atoms with Gasteiger partial charge in [0.2, 0.25) is 5.91 Å². The fourth-order valence-corrected chi connectivity index (χ4v) is 4.13. The fourth-order valence-electron chi connectivity index (χ4n) is 3.45. The van der Waals surface area contributed by atoms with Crippen LogP contribution in [0, 0.1) is 0 Å². The molecule has 2 aromatic rings. The molecule has 0 aliphatic carbocycles. The monoisotopic (exact) mass is 494 g/mol. The lowest BCUT2D eigenvalue weighted by Crippen LogP contribution is -2.48. The highest BCUT2D eigenvalue weighted by atomic mass is 35.5. The van der Waals surface area contributed by atoms with E-state index >= 15 is 0 Å². The number of benzene rings is 2. The van der Waals surface area contributed by atoms with Gasteiger partial charge in [0, 0.05) is 43.3 Å². The van der Waals surface area contributed by atoms with Gasteiger partial charge in [-0.15, -0.1) is 0 Å². The topological polar surface area (TPSA) is 73.9 Å². The number of carbonyl (C=O) groups is 2. The van der Waals surface area contributed by atoms with Gasteiger partial charge in [0.1, 0.15) is 5.75 Å². The Bertz CT molecular complexity index is 1030. The van der Waals surface area contributed by atoms with Crippen LogP contribution in [-0.4, -0.2) is 55.1 Å². The Morgan fingerprint density at radius 2 is 1.81 bits per heavy atom. The lowest BCUT2D eigenvalue weighted by atomic mass is 10.2. The number of amides is 2. The Balaban J connectivity index is 1.61. The minimum Gasteiger partial charge on any atom is -0.496 e. The predicted octanol–water partition coefficient (Wildman–Crippen LogP) is 4.19. The number of methoxy groups -OCH3 is 1. The number of rotatable bonds is 5. The largest absolute Gasteiger partial charge is 0.496 e. The van der Waals surface area contributed by atoms with Crippen molar-refractivity contribution in [1.82, 2.24) is 10.2 Å². The molecule has 0 bridgehead atoms. The molecule has 0 radical (unpaired) electrons. The molecule has 10 heteroatoms. The second kappa shape index (κ2) is 10.8. The number of hydrogen-bond acceptors (Lipinski definition) is 5. The summed E-state index contributed by atoms with van der Waals surface area (Å²) in [5.74, 6) is 0.119. The molecular weight excluding hydrogens is 471 g/mol. The van der Waals surface area contributed by atoms with Gasteiger partial charge in [0.15, 0.2) is 5.11 Å². The van der Waals surface area contributed by atoms with E-state index in [1.54, 1.807) is 18.2 Å². The Kier molecular flexibility index (Phi) is 8.17. The van der Waals surface area contributed by atoms with Gasteiger partial charge in [-0.05, 0) is 48.6 Å². The van der Waals surface area contributed by atoms with Crippen LogP contribution in [0.1, 0.15) is 23.7 Å². The zero-order chi connectivity index (χ0) is 23.3. The number of anilines is 2. The molecule has 32 heavy (non-hydrogen) atoms. The summed E-state index contributed by atoms with van der Waals surface area (Å²) in [6, 6.07) is 10.2. The molecule has 2 amide bonds. The van der Waals surface area contributed by atoms with Gasteiger partial charge in [-0.3, -0.25) is 14.9 Å². The van der Waals surface area contributed by atoms with Crippen LogP contribution < -0.4 is 20.3 Å². The molecule has 2 aromatic carbocycles. The van der Waals surface area contributed by atoms with E-state index in [4.69, 9.17) is 40.2 Å². The van der Waals surface area contributed by atoms with Crippen molar-refractivity contribution in [2.75, 3.05) is 43.5 Å². The summed E-state index contributed by atoms with van der Waals surface area (Å²) < 4.78 is 5.21. The standard InChI is InChI=1S/C22H24Cl2N4O3S/c1-3-20(29)28-10-8-27(9-11-28)18-6-5-15(13-17(18)24)25-22(32)26-21(30)16-12-14(23)4-7-19(16)31-2/h4-7,12-13H,3,8-11H2,1-2H3,(H2,25,26,30,32). The summed E-state index contributed by atoms with van der Waals surface area (Å²) in [5.41, 5.74) is 1.81. The molecule has 1 fully saturated rings. The van der Waals surface area contributed by atoms with E-state index in [1.807, 2.05) is 24.0 Å². The Morgan fingerprint density at radius 1 is 1.09 bits per heavy atom. The van der Waals surface area contributed by atoms with E-state index in [-0.39, 0.29) is 16.6 Å². The molecule has 0 aromatic heterocycles. The van der Waals surface area contributed by atoms with Gasteiger partial charge in [0.25, 0.3) is 5.91 Å². The SMILES string of the molecule is CCC(=O)N1CCN(c2ccc(NC(=S)NC(=O)c3cc(Cl)ccc3OC)cc2Cl)CC1. The van der Waals surface area contributed by atoms with E-state index < -0.39 is 5.91 Å². The summed E-state index contributed by atoms with van der Waals surface area (Å²) in [5, 5.41) is 6.67. The van der Waals surface area contributed by atoms with Crippen molar-refractivity contribution in [3.05, 3.63) is 52.0 Å². The molecule has 0 spiro atoms. The maximum atomic E-state index is 12.6. The number of ether oxygens (including phenoxy) is 1. The van der Waals surface area contributed by atoms with E-state index in [1.165, 1.54) is 13.2 Å². The van der Waals surface area contributed by atoms with Crippen molar-refractivity contribution in [3.8, 4) is 5.75 Å². The number of halogens is 2. The molecular formula is C22H24Cl2N4O3S. The van der Waals surface area contributed by atoms with Crippen LogP contribution in [0.3, 0.4) is 0 Å². The minimum absolute atomic E-state index is 0.118. The molecule has 2 N–H and O–H groups in total. The highest BCUT2D eigenvalue weighted by molar-refractivity contribution is 7.80. The van der Waals surface area contributed by atoms with E-state index in [0.29, 0.717) is 54.1 Å². The third-order valence-corrected chi connectivity index (χ3v) is 5.86. The van der Waals surface area contributed by atoms with E-state index in [0.717, 1.165) is 5.69 Å². The van der Waals surface area contributed by atoms with Gasteiger partial charge in [-0.1, -0.05) is 30.1 Å². The van der Waals surface area contributed by atoms with Crippen molar-refractivity contribution in [1.29, 1.82) is 0 Å². The van der Waals surface area contributed by atoms with E-state index in [9.17, 15) is 9.59 Å². The third-order valence-electron chi connectivity index (χ3n) is 5.11. The first-order valence-electron chi connectivity index (χ1n) is 10.1. The molecule has 0 saturated carbocycles. The summed E-state index contributed by atoms with van der Waals surface area (Å²) in [4.78, 5) is 28.4. The van der Waals surface area contributed by atoms with Crippen molar-refractivity contribution < 1.29 is 14.3 Å². The van der Waals surface area contributed by atoms with E-state index in [2.05, 4.69) is 15.5 Å². The number of piperazine rings is 1. The number of thiocarbonyl (C=S) groups is 1. The van der Waals surface area contributed by atoms with Crippen LogP contribution >= 0.6 is 35.4 Å². The van der Waals surface area contributed by atoms with Gasteiger partial charge < -0.3 is 19.9 Å². The lowest BCUT2D eigenvalue weighted by molar-refractivity contribution is -0.131. The number of nitrogens with zero attached hydrogens (tertiary/aromatic N) is 2. The van der Waals surface area contributed by atoms with Crippen LogP contribution in [0.4, 0.5) is 11.4 Å². The average Bonchev–Trinajstić information content (AvgIpc) is 2.78. The highest BCUT2D eigenvalue weighted by Crippen LogP contribution is 2.30. The van der Waals surface area contributed by atoms with Crippen molar-refractivity contribution in [2.45, 2.75) is 13.3 Å². The Morgan fingerprint density at radius 3 is 2.44 bits per heavy atom. The van der Waals surface area contributed by atoms with Crippen LogP contribution in [0.15, 0.2) is 36.4 Å². The quantitative estimate of drug-likeness (QED) is 0.607. The first kappa shape index (κ1) is 24.1. The zero-order valence-corrected chi connectivity index (χ0v) is 20.1. The first-order chi connectivity index (χ1) is 15.3. The maximum absolute atomic E-state index is 12.6. The molecule has 1 aliphatic heterocycles. The van der Waals surface area contributed by atoms with Crippen molar-refractivity contribution in [3.63, 3.8) is 0 Å². The third kappa shape index (κ3) is 5.82. The van der Waals surface area contributed by atoms with Crippen LogP contribution in [-0.2, 0) is 4.79 Å². The average molecular weight is 495 g/mol. The number of hydrogen-bond donors (Lipinski definition) is 2. The molecule has 0 atom stereocenters. The molecule has 170 valence electrons. The summed E-state index contributed by atoms with van der Waals surface area (Å²) in [6.45, 7) is 4.65. The summed E-state index contributed by atoms with van der Waals surface area (Å²) >= 11 is 17.8. The highest BCUT2D eigenvalue weighted by Gasteiger charge is 2.21. The maximum Gasteiger partial charge on any atom is 0.261 e. The second-order valence-electron chi connectivity index (χ2n) is 7.14. The summed E-state index contributed by atoms with van der Waals surface area (Å²) in [7, 11) is 1.47. The predicted molar refractivity (Wildman–Crippen MR) is 132 cm³/mol. The molecule has 0 unspecified atom stereocenters. The minimum atomic E-state index is -0.441. The number of nitrogens with one attached hydrogen (secondary N) is 2. The van der Waals surface area contributed by atoms with Gasteiger partial charge in [0.05, 0.1) is 23.4 Å².